The monoisotopic (exact) mass is 352 g/mol. The highest BCUT2D eigenvalue weighted by molar-refractivity contribution is 7.18. The maximum Gasteiger partial charge on any atom is 0.204 e. The predicted octanol–water partition coefficient (Wildman–Crippen LogP) is 5.07. The maximum atomic E-state index is 12.6. The SMILES string of the molecule is O=C(C=Cc1cccc(Cl)c1)c1cnc2sc3c(n12)CC=CC=C3. The van der Waals surface area contributed by atoms with E-state index in [4.69, 9.17) is 11.6 Å². The Bertz CT molecular complexity index is 1020. The van der Waals surface area contributed by atoms with Crippen LogP contribution < -0.4 is 0 Å². The number of rotatable bonds is 3. The summed E-state index contributed by atoms with van der Waals surface area (Å²) in [6.07, 6.45) is 14.0. The van der Waals surface area contributed by atoms with Gasteiger partial charge in [0, 0.05) is 17.1 Å². The first-order valence-electron chi connectivity index (χ1n) is 7.53. The molecule has 0 spiro atoms. The van der Waals surface area contributed by atoms with Crippen LogP contribution in [0.2, 0.25) is 5.02 Å². The molecular formula is C19H13ClN2OS. The van der Waals surface area contributed by atoms with E-state index in [-0.39, 0.29) is 5.78 Å². The molecule has 0 bridgehead atoms. The summed E-state index contributed by atoms with van der Waals surface area (Å²) in [4.78, 5) is 19.0. The lowest BCUT2D eigenvalue weighted by Crippen LogP contribution is -2.02. The number of ketones is 1. The minimum absolute atomic E-state index is 0.0692. The third-order valence-corrected chi connectivity index (χ3v) is 5.12. The lowest BCUT2D eigenvalue weighted by Gasteiger charge is -2.00. The summed E-state index contributed by atoms with van der Waals surface area (Å²) >= 11 is 7.57. The summed E-state index contributed by atoms with van der Waals surface area (Å²) in [7, 11) is 0. The maximum absolute atomic E-state index is 12.6. The largest absolute Gasteiger partial charge is 0.288 e. The Hall–Kier alpha value is -2.43. The highest BCUT2D eigenvalue weighted by Crippen LogP contribution is 2.28. The number of aromatic nitrogens is 2. The molecule has 0 atom stereocenters. The standard InChI is InChI=1S/C19H13ClN2OS/c20-14-6-4-5-13(11-14)9-10-17(23)16-12-21-19-22(16)15-7-2-1-3-8-18(15)24-19/h1-6,8-12H,7H2. The molecule has 1 aliphatic rings. The molecular weight excluding hydrogens is 340 g/mol. The van der Waals surface area contributed by atoms with E-state index >= 15 is 0 Å². The average molecular weight is 353 g/mol. The zero-order valence-electron chi connectivity index (χ0n) is 12.6. The third kappa shape index (κ3) is 2.75. The zero-order valence-corrected chi connectivity index (χ0v) is 14.2. The molecule has 1 aromatic carbocycles. The van der Waals surface area contributed by atoms with Crippen molar-refractivity contribution < 1.29 is 4.79 Å². The fourth-order valence-corrected chi connectivity index (χ4v) is 3.94. The first-order valence-corrected chi connectivity index (χ1v) is 8.72. The number of carbonyl (C=O) groups excluding carboxylic acids is 1. The van der Waals surface area contributed by atoms with Crippen LogP contribution >= 0.6 is 22.9 Å². The van der Waals surface area contributed by atoms with Crippen LogP contribution in [-0.2, 0) is 6.42 Å². The number of carbonyl (C=O) groups is 1. The van der Waals surface area contributed by atoms with Crippen LogP contribution in [0.5, 0.6) is 0 Å². The topological polar surface area (TPSA) is 34.4 Å². The van der Waals surface area contributed by atoms with Crippen LogP contribution in [0.15, 0.2) is 54.8 Å². The molecule has 0 N–H and O–H groups in total. The lowest BCUT2D eigenvalue weighted by molar-refractivity contribution is 0.104. The van der Waals surface area contributed by atoms with E-state index < -0.39 is 0 Å². The van der Waals surface area contributed by atoms with E-state index in [2.05, 4.69) is 17.1 Å². The second-order valence-electron chi connectivity index (χ2n) is 5.42. The van der Waals surface area contributed by atoms with Gasteiger partial charge in [0.25, 0.3) is 0 Å². The summed E-state index contributed by atoms with van der Waals surface area (Å²) in [5.74, 6) is -0.0692. The van der Waals surface area contributed by atoms with E-state index in [1.165, 1.54) is 0 Å². The Morgan fingerprint density at radius 1 is 1.33 bits per heavy atom. The summed E-state index contributed by atoms with van der Waals surface area (Å²) in [5.41, 5.74) is 2.59. The van der Waals surface area contributed by atoms with Crippen molar-refractivity contribution in [2.24, 2.45) is 0 Å². The van der Waals surface area contributed by atoms with Crippen LogP contribution in [0.4, 0.5) is 0 Å². The molecule has 2 heterocycles. The number of allylic oxidation sites excluding steroid dienone is 4. The van der Waals surface area contributed by atoms with Gasteiger partial charge >= 0.3 is 0 Å². The van der Waals surface area contributed by atoms with Crippen molar-refractivity contribution in [1.29, 1.82) is 0 Å². The van der Waals surface area contributed by atoms with Gasteiger partial charge in [0.05, 0.1) is 11.1 Å². The molecule has 0 unspecified atom stereocenters. The predicted molar refractivity (Wildman–Crippen MR) is 99.8 cm³/mol. The van der Waals surface area contributed by atoms with Crippen LogP contribution in [0, 0.1) is 0 Å². The minimum atomic E-state index is -0.0692. The van der Waals surface area contributed by atoms with E-state index in [1.807, 2.05) is 40.8 Å². The van der Waals surface area contributed by atoms with Crippen LogP contribution in [0.3, 0.4) is 0 Å². The molecule has 2 aromatic heterocycles. The second-order valence-corrected chi connectivity index (χ2v) is 6.86. The fraction of sp³-hybridized carbons (Fsp3) is 0.0526. The molecule has 0 saturated carbocycles. The molecule has 0 amide bonds. The molecule has 24 heavy (non-hydrogen) atoms. The quantitative estimate of drug-likeness (QED) is 0.487. The molecule has 0 saturated heterocycles. The number of hydrogen-bond acceptors (Lipinski definition) is 3. The number of thiazole rings is 1. The van der Waals surface area contributed by atoms with Gasteiger partial charge in [-0.2, -0.15) is 0 Å². The molecule has 1 aliphatic carbocycles. The molecule has 0 aliphatic heterocycles. The van der Waals surface area contributed by atoms with Crippen molar-refractivity contribution >= 4 is 45.8 Å². The van der Waals surface area contributed by atoms with Gasteiger partial charge in [-0.05, 0) is 29.8 Å². The summed E-state index contributed by atoms with van der Waals surface area (Å²) in [6.45, 7) is 0. The van der Waals surface area contributed by atoms with Crippen molar-refractivity contribution in [3.63, 3.8) is 0 Å². The van der Waals surface area contributed by atoms with Gasteiger partial charge in [-0.3, -0.25) is 9.20 Å². The van der Waals surface area contributed by atoms with Crippen molar-refractivity contribution in [1.82, 2.24) is 9.38 Å². The van der Waals surface area contributed by atoms with Gasteiger partial charge < -0.3 is 0 Å². The smallest absolute Gasteiger partial charge is 0.204 e. The number of nitrogens with zero attached hydrogens (tertiary/aromatic N) is 2. The van der Waals surface area contributed by atoms with Crippen LogP contribution in [0.1, 0.15) is 26.6 Å². The molecule has 0 fully saturated rings. The van der Waals surface area contributed by atoms with E-state index in [0.717, 1.165) is 27.5 Å². The van der Waals surface area contributed by atoms with Crippen molar-refractivity contribution in [2.45, 2.75) is 6.42 Å². The number of imidazole rings is 1. The fourth-order valence-electron chi connectivity index (χ4n) is 2.70. The average Bonchev–Trinajstić information content (AvgIpc) is 3.04. The van der Waals surface area contributed by atoms with Crippen molar-refractivity contribution in [3.05, 3.63) is 81.6 Å². The van der Waals surface area contributed by atoms with Gasteiger partial charge in [0.2, 0.25) is 5.78 Å². The second kappa shape index (κ2) is 6.23. The number of fused-ring (bicyclic) bond motifs is 3. The van der Waals surface area contributed by atoms with Crippen molar-refractivity contribution in [3.8, 4) is 0 Å². The Balaban J connectivity index is 1.71. The van der Waals surface area contributed by atoms with E-state index in [1.54, 1.807) is 29.7 Å². The van der Waals surface area contributed by atoms with Gasteiger partial charge in [0.1, 0.15) is 5.69 Å². The van der Waals surface area contributed by atoms with Gasteiger partial charge in [-0.25, -0.2) is 4.98 Å². The van der Waals surface area contributed by atoms with E-state index in [9.17, 15) is 4.79 Å². The Labute approximate surface area is 148 Å². The first-order chi connectivity index (χ1) is 11.7. The number of benzene rings is 1. The number of hydrogen-bond donors (Lipinski definition) is 0. The Morgan fingerprint density at radius 2 is 2.25 bits per heavy atom. The summed E-state index contributed by atoms with van der Waals surface area (Å²) < 4.78 is 1.96. The van der Waals surface area contributed by atoms with E-state index in [0.29, 0.717) is 10.7 Å². The van der Waals surface area contributed by atoms with Gasteiger partial charge in [-0.15, -0.1) is 0 Å². The molecule has 5 heteroatoms. The summed E-state index contributed by atoms with van der Waals surface area (Å²) in [6, 6.07) is 7.40. The van der Waals surface area contributed by atoms with Gasteiger partial charge in [0.15, 0.2) is 4.96 Å². The third-order valence-electron chi connectivity index (χ3n) is 3.82. The van der Waals surface area contributed by atoms with Gasteiger partial charge in [-0.1, -0.05) is 59.4 Å². The lowest BCUT2D eigenvalue weighted by atomic mass is 10.2. The molecule has 3 nitrogen and oxygen atoms in total. The summed E-state index contributed by atoms with van der Waals surface area (Å²) in [5, 5.41) is 0.651. The highest BCUT2D eigenvalue weighted by atomic mass is 35.5. The normalized spacial score (nSPS) is 13.5. The molecule has 4 rings (SSSR count). The van der Waals surface area contributed by atoms with Crippen LogP contribution in [0.25, 0.3) is 17.1 Å². The Morgan fingerprint density at radius 3 is 3.12 bits per heavy atom. The zero-order chi connectivity index (χ0) is 16.5. The molecule has 0 radical (unpaired) electrons. The van der Waals surface area contributed by atoms with Crippen molar-refractivity contribution in [2.75, 3.05) is 0 Å². The molecule has 3 aromatic rings. The number of halogens is 1. The first kappa shape index (κ1) is 15.1. The molecule has 118 valence electrons. The van der Waals surface area contributed by atoms with Crippen LogP contribution in [-0.4, -0.2) is 15.2 Å². The minimum Gasteiger partial charge on any atom is -0.288 e. The highest BCUT2D eigenvalue weighted by Gasteiger charge is 2.17. The Kier molecular flexibility index (Phi) is 3.92.